The van der Waals surface area contributed by atoms with Gasteiger partial charge in [0.2, 0.25) is 0 Å². The summed E-state index contributed by atoms with van der Waals surface area (Å²) < 4.78 is 44.6. The smallest absolute Gasteiger partial charge is 0.269 e. The molecule has 0 fully saturated rings. The number of aromatic nitrogens is 1. The summed E-state index contributed by atoms with van der Waals surface area (Å²) >= 11 is 0. The van der Waals surface area contributed by atoms with Crippen molar-refractivity contribution in [2.24, 2.45) is 0 Å². The number of carbonyl (C=O) groups is 2. The summed E-state index contributed by atoms with van der Waals surface area (Å²) in [7, 11) is 1.54. The Bertz CT molecular complexity index is 815. The summed E-state index contributed by atoms with van der Waals surface area (Å²) in [6.07, 6.45) is 1.85. The molecule has 1 heterocycles. The molecule has 1 aromatic heterocycles. The van der Waals surface area contributed by atoms with E-state index in [0.29, 0.717) is 25.6 Å². The molecule has 0 aliphatic rings. The van der Waals surface area contributed by atoms with Crippen LogP contribution in [0.2, 0.25) is 0 Å². The summed E-state index contributed by atoms with van der Waals surface area (Å²) in [6.45, 7) is 0.848. The lowest BCUT2D eigenvalue weighted by Crippen LogP contribution is -2.26. The van der Waals surface area contributed by atoms with Crippen molar-refractivity contribution < 1.29 is 27.5 Å². The zero-order valence-electron chi connectivity index (χ0n) is 13.8. The molecule has 2 aromatic rings. The van der Waals surface area contributed by atoms with E-state index in [1.54, 1.807) is 7.11 Å². The first-order valence-corrected chi connectivity index (χ1v) is 7.62. The highest BCUT2D eigenvalue weighted by Gasteiger charge is 2.17. The van der Waals surface area contributed by atoms with E-state index in [-0.39, 0.29) is 11.3 Å². The largest absolute Gasteiger partial charge is 0.385 e. The first-order valence-electron chi connectivity index (χ1n) is 7.62. The van der Waals surface area contributed by atoms with Gasteiger partial charge in [-0.2, -0.15) is 0 Å². The first kappa shape index (κ1) is 19.4. The summed E-state index contributed by atoms with van der Waals surface area (Å²) in [5.74, 6) is -5.85. The number of amides is 2. The highest BCUT2D eigenvalue weighted by molar-refractivity contribution is 6.05. The average molecular weight is 367 g/mol. The van der Waals surface area contributed by atoms with Crippen LogP contribution in [-0.2, 0) is 4.74 Å². The van der Waals surface area contributed by atoms with Gasteiger partial charge in [-0.05, 0) is 30.7 Å². The van der Waals surface area contributed by atoms with Gasteiger partial charge in [-0.3, -0.25) is 14.6 Å². The van der Waals surface area contributed by atoms with Crippen molar-refractivity contribution in [3.05, 3.63) is 59.2 Å². The topological polar surface area (TPSA) is 80.3 Å². The summed E-state index contributed by atoms with van der Waals surface area (Å²) in [4.78, 5) is 28.0. The van der Waals surface area contributed by atoms with Crippen molar-refractivity contribution in [2.75, 3.05) is 25.6 Å². The van der Waals surface area contributed by atoms with Crippen LogP contribution in [0.4, 0.5) is 18.9 Å². The minimum absolute atomic E-state index is 0.00572. The Morgan fingerprint density at radius 2 is 1.88 bits per heavy atom. The van der Waals surface area contributed by atoms with Crippen LogP contribution in [0.25, 0.3) is 0 Å². The van der Waals surface area contributed by atoms with Crippen LogP contribution in [0, 0.1) is 17.5 Å². The fraction of sp³-hybridized carbons (Fsp3) is 0.235. The van der Waals surface area contributed by atoms with Crippen molar-refractivity contribution >= 4 is 17.5 Å². The van der Waals surface area contributed by atoms with Gasteiger partial charge < -0.3 is 15.4 Å². The molecule has 2 N–H and O–H groups in total. The number of pyridine rings is 1. The number of carbonyl (C=O) groups excluding carboxylic acids is 2. The van der Waals surface area contributed by atoms with Gasteiger partial charge >= 0.3 is 0 Å². The molecule has 0 atom stereocenters. The third-order valence-electron chi connectivity index (χ3n) is 3.35. The number of nitrogens with zero attached hydrogens (tertiary/aromatic N) is 1. The average Bonchev–Trinajstić information content (AvgIpc) is 2.65. The van der Waals surface area contributed by atoms with Crippen LogP contribution in [-0.4, -0.2) is 37.1 Å². The number of nitrogens with one attached hydrogen (secondary N) is 2. The molecule has 26 heavy (non-hydrogen) atoms. The van der Waals surface area contributed by atoms with Gasteiger partial charge in [-0.15, -0.1) is 0 Å². The maximum atomic E-state index is 13.6. The van der Waals surface area contributed by atoms with Crippen molar-refractivity contribution in [1.82, 2.24) is 10.3 Å². The van der Waals surface area contributed by atoms with E-state index in [2.05, 4.69) is 15.6 Å². The van der Waals surface area contributed by atoms with E-state index in [1.165, 1.54) is 18.3 Å². The van der Waals surface area contributed by atoms with E-state index in [0.717, 1.165) is 6.07 Å². The molecule has 0 aliphatic carbocycles. The van der Waals surface area contributed by atoms with Gasteiger partial charge in [0.1, 0.15) is 5.69 Å². The van der Waals surface area contributed by atoms with Gasteiger partial charge in [0.15, 0.2) is 17.5 Å². The SMILES string of the molecule is COCCCNC(=O)c1cc(C(=O)Nc2ccc(F)c(F)c2F)ccn1. The molecule has 0 saturated carbocycles. The minimum Gasteiger partial charge on any atom is -0.385 e. The quantitative estimate of drug-likeness (QED) is 0.582. The minimum atomic E-state index is -1.69. The highest BCUT2D eigenvalue weighted by Crippen LogP contribution is 2.20. The first-order chi connectivity index (χ1) is 12.4. The number of hydrogen-bond donors (Lipinski definition) is 2. The molecule has 2 amide bonds. The Morgan fingerprint density at radius 1 is 1.12 bits per heavy atom. The molecular formula is C17H16F3N3O3. The van der Waals surface area contributed by atoms with Crippen LogP contribution < -0.4 is 10.6 Å². The molecule has 9 heteroatoms. The molecule has 0 bridgehead atoms. The Hall–Kier alpha value is -2.94. The molecular weight excluding hydrogens is 351 g/mol. The number of methoxy groups -OCH3 is 1. The van der Waals surface area contributed by atoms with Crippen molar-refractivity contribution in [3.63, 3.8) is 0 Å². The normalized spacial score (nSPS) is 10.5. The second-order valence-corrected chi connectivity index (χ2v) is 5.21. The molecule has 0 spiro atoms. The number of anilines is 1. The molecule has 1 aromatic carbocycles. The molecule has 0 aliphatic heterocycles. The van der Waals surface area contributed by atoms with Crippen LogP contribution in [0.5, 0.6) is 0 Å². The van der Waals surface area contributed by atoms with Crippen LogP contribution in [0.1, 0.15) is 27.3 Å². The summed E-state index contributed by atoms with van der Waals surface area (Å²) in [5, 5.41) is 4.73. The molecule has 0 saturated heterocycles. The van der Waals surface area contributed by atoms with E-state index in [4.69, 9.17) is 4.74 Å². The van der Waals surface area contributed by atoms with E-state index < -0.39 is 35.0 Å². The lowest BCUT2D eigenvalue weighted by atomic mass is 10.2. The third-order valence-corrected chi connectivity index (χ3v) is 3.35. The monoisotopic (exact) mass is 367 g/mol. The maximum Gasteiger partial charge on any atom is 0.269 e. The van der Waals surface area contributed by atoms with Crippen molar-refractivity contribution in [2.45, 2.75) is 6.42 Å². The number of halogens is 3. The molecule has 6 nitrogen and oxygen atoms in total. The van der Waals surface area contributed by atoms with Gasteiger partial charge in [0, 0.05) is 32.0 Å². The second kappa shape index (κ2) is 8.95. The van der Waals surface area contributed by atoms with Crippen molar-refractivity contribution in [3.8, 4) is 0 Å². The van der Waals surface area contributed by atoms with Gasteiger partial charge in [-0.1, -0.05) is 0 Å². The molecule has 138 valence electrons. The lowest BCUT2D eigenvalue weighted by molar-refractivity contribution is 0.0943. The Balaban J connectivity index is 2.08. The van der Waals surface area contributed by atoms with Gasteiger partial charge in [-0.25, -0.2) is 13.2 Å². The maximum absolute atomic E-state index is 13.6. The van der Waals surface area contributed by atoms with Crippen LogP contribution in [0.15, 0.2) is 30.5 Å². The highest BCUT2D eigenvalue weighted by atomic mass is 19.2. The molecule has 0 radical (unpaired) electrons. The number of benzene rings is 1. The number of hydrogen-bond acceptors (Lipinski definition) is 4. The summed E-state index contributed by atoms with van der Waals surface area (Å²) in [5.41, 5.74) is -0.525. The van der Waals surface area contributed by atoms with E-state index in [9.17, 15) is 22.8 Å². The fourth-order valence-electron chi connectivity index (χ4n) is 2.02. The Morgan fingerprint density at radius 3 is 2.62 bits per heavy atom. The van der Waals surface area contributed by atoms with Crippen molar-refractivity contribution in [1.29, 1.82) is 0 Å². The van der Waals surface area contributed by atoms with Crippen LogP contribution in [0.3, 0.4) is 0 Å². The van der Waals surface area contributed by atoms with Gasteiger partial charge in [0.25, 0.3) is 11.8 Å². The zero-order chi connectivity index (χ0) is 19.1. The standard InChI is InChI=1S/C17H16F3N3O3/c1-26-8-2-6-22-17(25)13-9-10(5-7-21-13)16(24)23-12-4-3-11(18)14(19)15(12)20/h3-5,7,9H,2,6,8H2,1H3,(H,22,25)(H,23,24). The number of ether oxygens (including phenoxy) is 1. The predicted molar refractivity (Wildman–Crippen MR) is 87.3 cm³/mol. The third kappa shape index (κ3) is 4.79. The molecule has 0 unspecified atom stereocenters. The number of rotatable bonds is 7. The van der Waals surface area contributed by atoms with E-state index >= 15 is 0 Å². The Kier molecular flexibility index (Phi) is 6.67. The van der Waals surface area contributed by atoms with E-state index in [1.807, 2.05) is 0 Å². The lowest BCUT2D eigenvalue weighted by Gasteiger charge is -2.08. The van der Waals surface area contributed by atoms with Gasteiger partial charge in [0.05, 0.1) is 5.69 Å². The summed E-state index contributed by atoms with van der Waals surface area (Å²) in [6, 6.07) is 4.10. The predicted octanol–water partition coefficient (Wildman–Crippen LogP) is 2.52. The second-order valence-electron chi connectivity index (χ2n) is 5.21. The van der Waals surface area contributed by atoms with Crippen LogP contribution >= 0.6 is 0 Å². The molecule has 2 rings (SSSR count). The fourth-order valence-corrected chi connectivity index (χ4v) is 2.02. The Labute approximate surface area is 147 Å². The zero-order valence-corrected chi connectivity index (χ0v) is 13.8.